The van der Waals surface area contributed by atoms with Crippen LogP contribution in [0, 0.1) is 0 Å². The van der Waals surface area contributed by atoms with Crippen molar-refractivity contribution >= 4 is 10.1 Å². The third kappa shape index (κ3) is 14.3. The molecule has 0 aliphatic heterocycles. The normalized spacial score (nSPS) is 11.3. The highest BCUT2D eigenvalue weighted by Gasteiger charge is 2.13. The first-order valence-corrected chi connectivity index (χ1v) is 11.5. The van der Waals surface area contributed by atoms with E-state index in [0.29, 0.717) is 6.42 Å². The Labute approximate surface area is 160 Å². The number of aryl methyl sites for hydroxylation is 1. The smallest absolute Gasteiger partial charge is 0.294 e. The maximum absolute atomic E-state index is 11.3. The van der Waals surface area contributed by atoms with E-state index in [0.717, 1.165) is 18.4 Å². The van der Waals surface area contributed by atoms with E-state index in [4.69, 9.17) is 5.11 Å². The van der Waals surface area contributed by atoms with E-state index in [2.05, 4.69) is 6.92 Å². The van der Waals surface area contributed by atoms with Crippen LogP contribution in [0.3, 0.4) is 0 Å². The summed E-state index contributed by atoms with van der Waals surface area (Å²) in [5, 5.41) is 8.06. The molecule has 0 saturated carbocycles. The van der Waals surface area contributed by atoms with Gasteiger partial charge < -0.3 is 5.11 Å². The Hall–Kier alpha value is -0.910. The second-order valence-electron chi connectivity index (χ2n) is 7.11. The van der Waals surface area contributed by atoms with Gasteiger partial charge in [0.05, 0.1) is 4.90 Å². The van der Waals surface area contributed by atoms with Gasteiger partial charge in [0.2, 0.25) is 0 Å². The van der Waals surface area contributed by atoms with Gasteiger partial charge in [-0.3, -0.25) is 4.55 Å². The molecule has 0 bridgehead atoms. The Balaban J connectivity index is 0.00000141. The summed E-state index contributed by atoms with van der Waals surface area (Å²) in [7, 11) is -4.10. The molecule has 1 aromatic rings. The summed E-state index contributed by atoms with van der Waals surface area (Å²) >= 11 is 0. The van der Waals surface area contributed by atoms with Crippen LogP contribution in [-0.2, 0) is 16.5 Å². The lowest BCUT2D eigenvalue weighted by Crippen LogP contribution is -2.03. The topological polar surface area (TPSA) is 74.6 Å². The predicted molar refractivity (Wildman–Crippen MR) is 109 cm³/mol. The molecule has 152 valence electrons. The van der Waals surface area contributed by atoms with Gasteiger partial charge in [-0.25, -0.2) is 0 Å². The Morgan fingerprint density at radius 3 is 1.73 bits per heavy atom. The van der Waals surface area contributed by atoms with Crippen molar-refractivity contribution in [1.29, 1.82) is 0 Å². The molecule has 0 heterocycles. The molecule has 1 aromatic carbocycles. The molecule has 4 nitrogen and oxygen atoms in total. The molecule has 0 aromatic heterocycles. The fourth-order valence-electron chi connectivity index (χ4n) is 2.76. The first kappa shape index (κ1) is 25.1. The third-order valence-electron chi connectivity index (χ3n) is 4.05. The van der Waals surface area contributed by atoms with Gasteiger partial charge in [-0.2, -0.15) is 8.42 Å². The molecule has 0 radical (unpaired) electrons. The number of aliphatic hydroxyl groups is 1. The van der Waals surface area contributed by atoms with E-state index in [1.54, 1.807) is 26.0 Å². The van der Waals surface area contributed by atoms with Gasteiger partial charge in [-0.05, 0) is 38.3 Å². The predicted octanol–water partition coefficient (Wildman–Crippen LogP) is 5.78. The largest absolute Gasteiger partial charge is 0.394 e. The van der Waals surface area contributed by atoms with Crippen molar-refractivity contribution in [2.45, 2.75) is 102 Å². The number of benzene rings is 1. The summed E-state index contributed by atoms with van der Waals surface area (Å²) in [5.41, 5.74) is 0.726. The van der Waals surface area contributed by atoms with E-state index in [1.807, 2.05) is 6.07 Å². The van der Waals surface area contributed by atoms with E-state index in [9.17, 15) is 13.0 Å². The summed E-state index contributed by atoms with van der Waals surface area (Å²) in [4.78, 5) is 0.0610. The maximum Gasteiger partial charge on any atom is 0.294 e. The Morgan fingerprint density at radius 2 is 1.27 bits per heavy atom. The van der Waals surface area contributed by atoms with Crippen molar-refractivity contribution in [1.82, 2.24) is 0 Å². The third-order valence-corrected chi connectivity index (χ3v) is 5.00. The van der Waals surface area contributed by atoms with Crippen LogP contribution >= 0.6 is 0 Å². The van der Waals surface area contributed by atoms with Crippen LogP contribution in [0.5, 0.6) is 0 Å². The van der Waals surface area contributed by atoms with Crippen LogP contribution in [0.1, 0.15) is 90.5 Å². The van der Waals surface area contributed by atoms with Gasteiger partial charge in [-0.15, -0.1) is 0 Å². The van der Waals surface area contributed by atoms with Gasteiger partial charge in [0.1, 0.15) is 0 Å². The van der Waals surface area contributed by atoms with Crippen LogP contribution in [0.2, 0.25) is 0 Å². The zero-order chi connectivity index (χ0) is 19.8. The molecule has 0 unspecified atom stereocenters. The van der Waals surface area contributed by atoms with Crippen LogP contribution in [0.15, 0.2) is 29.2 Å². The Bertz CT molecular complexity index is 550. The van der Waals surface area contributed by atoms with Crippen molar-refractivity contribution in [3.05, 3.63) is 29.8 Å². The second kappa shape index (κ2) is 15.2. The average molecular weight is 387 g/mol. The lowest BCUT2D eigenvalue weighted by Gasteiger charge is -2.07. The molecule has 0 saturated heterocycles. The zero-order valence-corrected chi connectivity index (χ0v) is 17.6. The number of rotatable bonds is 12. The fraction of sp³-hybridized carbons (Fsp3) is 0.714. The number of hydrogen-bond acceptors (Lipinski definition) is 3. The summed E-state index contributed by atoms with van der Waals surface area (Å²) in [6, 6.07) is 6.73. The molecule has 0 atom stereocenters. The number of hydrogen-bond donors (Lipinski definition) is 2. The van der Waals surface area contributed by atoms with Crippen molar-refractivity contribution in [2.24, 2.45) is 0 Å². The molecule has 5 heteroatoms. The standard InChI is InChI=1S/C18H30O3S.C3H8O/c1-2-3-4-5-6-7-8-9-10-11-14-17-15-12-13-16-18(17)22(19,20)21;1-3(2)4/h12-13,15-16H,2-11,14H2,1H3,(H,19,20,21);3-4H,1-2H3. The quantitative estimate of drug-likeness (QED) is 0.352. The monoisotopic (exact) mass is 386 g/mol. The highest BCUT2D eigenvalue weighted by atomic mass is 32.2. The minimum absolute atomic E-state index is 0.0610. The summed E-state index contributed by atoms with van der Waals surface area (Å²) in [6.07, 6.45) is 13.1. The Kier molecular flexibility index (Phi) is 14.6. The molecule has 0 aliphatic carbocycles. The van der Waals surface area contributed by atoms with Crippen molar-refractivity contribution < 1.29 is 18.1 Å². The highest BCUT2D eigenvalue weighted by Crippen LogP contribution is 2.18. The van der Waals surface area contributed by atoms with Crippen LogP contribution in [0.25, 0.3) is 0 Å². The minimum Gasteiger partial charge on any atom is -0.394 e. The first-order chi connectivity index (χ1) is 12.3. The van der Waals surface area contributed by atoms with Crippen LogP contribution in [0.4, 0.5) is 0 Å². The number of aliphatic hydroxyl groups excluding tert-OH is 1. The molecule has 0 amide bonds. The van der Waals surface area contributed by atoms with Gasteiger partial charge >= 0.3 is 0 Å². The van der Waals surface area contributed by atoms with E-state index in [1.165, 1.54) is 57.4 Å². The molecule has 0 aliphatic rings. The molecule has 1 rings (SSSR count). The van der Waals surface area contributed by atoms with E-state index < -0.39 is 10.1 Å². The van der Waals surface area contributed by atoms with Gasteiger partial charge in [0, 0.05) is 6.10 Å². The summed E-state index contributed by atoms with van der Waals surface area (Å²) in [6.45, 7) is 5.68. The fourth-order valence-corrected chi connectivity index (χ4v) is 3.52. The summed E-state index contributed by atoms with van der Waals surface area (Å²) < 4.78 is 31.8. The van der Waals surface area contributed by atoms with E-state index >= 15 is 0 Å². The highest BCUT2D eigenvalue weighted by molar-refractivity contribution is 7.85. The van der Waals surface area contributed by atoms with Crippen LogP contribution in [-0.4, -0.2) is 24.2 Å². The lowest BCUT2D eigenvalue weighted by molar-refractivity contribution is 0.216. The van der Waals surface area contributed by atoms with Gasteiger partial charge in [0.15, 0.2) is 0 Å². The van der Waals surface area contributed by atoms with Crippen molar-refractivity contribution in [3.63, 3.8) is 0 Å². The molecule has 2 N–H and O–H groups in total. The Morgan fingerprint density at radius 1 is 0.846 bits per heavy atom. The maximum atomic E-state index is 11.3. The second-order valence-corrected chi connectivity index (χ2v) is 8.50. The molecule has 26 heavy (non-hydrogen) atoms. The number of unbranched alkanes of at least 4 members (excludes halogenated alkanes) is 9. The molecular weight excluding hydrogens is 348 g/mol. The van der Waals surface area contributed by atoms with E-state index in [-0.39, 0.29) is 11.0 Å². The van der Waals surface area contributed by atoms with Crippen molar-refractivity contribution in [3.8, 4) is 0 Å². The SMILES string of the molecule is CC(C)O.CCCCCCCCCCCCc1ccccc1S(=O)(=O)O. The van der Waals surface area contributed by atoms with Crippen LogP contribution < -0.4 is 0 Å². The zero-order valence-electron chi connectivity index (χ0n) is 16.8. The molecular formula is C21H38O4S. The minimum atomic E-state index is -4.10. The lowest BCUT2D eigenvalue weighted by atomic mass is 10.0. The van der Waals surface area contributed by atoms with Gasteiger partial charge in [-0.1, -0.05) is 82.9 Å². The summed E-state index contributed by atoms with van der Waals surface area (Å²) in [5.74, 6) is 0. The molecule has 0 spiro atoms. The van der Waals surface area contributed by atoms with Gasteiger partial charge in [0.25, 0.3) is 10.1 Å². The average Bonchev–Trinajstić information content (AvgIpc) is 2.55. The first-order valence-electron chi connectivity index (χ1n) is 10.0. The molecule has 0 fully saturated rings. The van der Waals surface area contributed by atoms with Crippen molar-refractivity contribution in [2.75, 3.05) is 0 Å².